The second-order valence-corrected chi connectivity index (χ2v) is 7.01. The Balaban J connectivity index is 1.84. The van der Waals surface area contributed by atoms with Crippen LogP contribution in [0.4, 0.5) is 0 Å². The normalized spacial score (nSPS) is 20.6. The van der Waals surface area contributed by atoms with Gasteiger partial charge in [0.15, 0.2) is 11.9 Å². The molecule has 1 aromatic heterocycles. The minimum atomic E-state index is -0.465. The van der Waals surface area contributed by atoms with Gasteiger partial charge in [-0.1, -0.05) is 24.3 Å². The minimum absolute atomic E-state index is 0.214. The molecule has 2 aliphatic heterocycles. The summed E-state index contributed by atoms with van der Waals surface area (Å²) in [6, 6.07) is 15.8. The first-order chi connectivity index (χ1) is 13.2. The summed E-state index contributed by atoms with van der Waals surface area (Å²) in [5, 5.41) is 0. The van der Waals surface area contributed by atoms with Crippen molar-refractivity contribution in [3.63, 3.8) is 0 Å². The number of benzene rings is 2. The zero-order valence-electron chi connectivity index (χ0n) is 14.9. The molecule has 6 heteroatoms. The molecule has 5 rings (SSSR count). The number of para-hydroxylation sites is 3. The van der Waals surface area contributed by atoms with Crippen molar-refractivity contribution in [1.82, 2.24) is 4.57 Å². The molecule has 138 valence electrons. The van der Waals surface area contributed by atoms with Gasteiger partial charge in [-0.25, -0.2) is 0 Å². The fourth-order valence-electron chi connectivity index (χ4n) is 3.77. The Labute approximate surface area is 161 Å². The molecule has 1 unspecified atom stereocenters. The van der Waals surface area contributed by atoms with Crippen LogP contribution in [0.2, 0.25) is 0 Å². The standard InChI is InChI=1S/C21H19NO4S/c1-13-18(20-23-11-6-12-24-20)19(14-7-2-4-9-16(14)25-13)22-15-8-3-5-10-17(15)26-21(22)27/h2-5,7-10,13,20H,6,11-12H2,1H3. The Kier molecular flexibility index (Phi) is 4.11. The summed E-state index contributed by atoms with van der Waals surface area (Å²) in [7, 11) is 0. The van der Waals surface area contributed by atoms with E-state index in [4.69, 9.17) is 30.8 Å². The summed E-state index contributed by atoms with van der Waals surface area (Å²) < 4.78 is 25.9. The highest BCUT2D eigenvalue weighted by molar-refractivity contribution is 7.71. The van der Waals surface area contributed by atoms with Gasteiger partial charge in [0.1, 0.15) is 11.9 Å². The smallest absolute Gasteiger partial charge is 0.274 e. The van der Waals surface area contributed by atoms with Gasteiger partial charge in [0.05, 0.1) is 30.0 Å². The van der Waals surface area contributed by atoms with E-state index in [2.05, 4.69) is 0 Å². The Bertz CT molecular complexity index is 1090. The van der Waals surface area contributed by atoms with E-state index in [1.54, 1.807) is 0 Å². The van der Waals surface area contributed by atoms with E-state index >= 15 is 0 Å². The van der Waals surface area contributed by atoms with Gasteiger partial charge < -0.3 is 18.6 Å². The Morgan fingerprint density at radius 2 is 1.74 bits per heavy atom. The first-order valence-electron chi connectivity index (χ1n) is 9.08. The maximum atomic E-state index is 6.18. The maximum absolute atomic E-state index is 6.18. The molecule has 2 aromatic carbocycles. The first kappa shape index (κ1) is 16.7. The summed E-state index contributed by atoms with van der Waals surface area (Å²) in [5.74, 6) is 0.812. The van der Waals surface area contributed by atoms with Crippen LogP contribution in [0, 0.1) is 4.84 Å². The van der Waals surface area contributed by atoms with Gasteiger partial charge in [-0.05, 0) is 49.8 Å². The van der Waals surface area contributed by atoms with E-state index in [9.17, 15) is 0 Å². The van der Waals surface area contributed by atoms with E-state index in [-0.39, 0.29) is 6.10 Å². The molecule has 3 aromatic rings. The van der Waals surface area contributed by atoms with Crippen molar-refractivity contribution in [2.24, 2.45) is 0 Å². The first-order valence-corrected chi connectivity index (χ1v) is 9.49. The lowest BCUT2D eigenvalue weighted by atomic mass is 9.97. The van der Waals surface area contributed by atoms with Crippen LogP contribution in [-0.4, -0.2) is 30.2 Å². The molecule has 0 radical (unpaired) electrons. The lowest BCUT2D eigenvalue weighted by Crippen LogP contribution is -2.36. The third-order valence-corrected chi connectivity index (χ3v) is 5.21. The molecule has 1 fully saturated rings. The van der Waals surface area contributed by atoms with E-state index in [1.165, 1.54) is 0 Å². The number of oxazole rings is 1. The molecule has 0 N–H and O–H groups in total. The number of rotatable bonds is 2. The van der Waals surface area contributed by atoms with Gasteiger partial charge in [0, 0.05) is 5.56 Å². The number of ether oxygens (including phenoxy) is 3. The average Bonchev–Trinajstić information content (AvgIpc) is 3.03. The van der Waals surface area contributed by atoms with Gasteiger partial charge in [-0.2, -0.15) is 0 Å². The van der Waals surface area contributed by atoms with Crippen molar-refractivity contribution in [1.29, 1.82) is 0 Å². The second-order valence-electron chi connectivity index (χ2n) is 6.66. The molecule has 0 aliphatic carbocycles. The van der Waals surface area contributed by atoms with E-state index < -0.39 is 6.29 Å². The average molecular weight is 381 g/mol. The zero-order valence-corrected chi connectivity index (χ0v) is 15.7. The van der Waals surface area contributed by atoms with Gasteiger partial charge in [0.25, 0.3) is 4.84 Å². The van der Waals surface area contributed by atoms with Gasteiger partial charge in [-0.3, -0.25) is 4.57 Å². The third kappa shape index (κ3) is 2.72. The number of hydrogen-bond donors (Lipinski definition) is 0. The molecular weight excluding hydrogens is 362 g/mol. The van der Waals surface area contributed by atoms with E-state index in [1.807, 2.05) is 60.0 Å². The van der Waals surface area contributed by atoms with Crippen molar-refractivity contribution in [3.05, 3.63) is 64.5 Å². The van der Waals surface area contributed by atoms with Crippen LogP contribution in [0.25, 0.3) is 16.8 Å². The molecule has 0 amide bonds. The number of aromatic nitrogens is 1. The highest BCUT2D eigenvalue weighted by atomic mass is 32.1. The molecular formula is C21H19NO4S. The fraction of sp³-hybridized carbons (Fsp3) is 0.286. The summed E-state index contributed by atoms with van der Waals surface area (Å²) in [4.78, 5) is 0.392. The Hall–Kier alpha value is -2.41. The summed E-state index contributed by atoms with van der Waals surface area (Å²) in [6.07, 6.45) is 0.208. The zero-order chi connectivity index (χ0) is 18.4. The molecule has 3 heterocycles. The van der Waals surface area contributed by atoms with Crippen molar-refractivity contribution in [2.75, 3.05) is 13.2 Å². The molecule has 0 spiro atoms. The van der Waals surface area contributed by atoms with Crippen LogP contribution in [0.5, 0.6) is 5.75 Å². The predicted molar refractivity (Wildman–Crippen MR) is 104 cm³/mol. The van der Waals surface area contributed by atoms with E-state index in [0.29, 0.717) is 18.1 Å². The molecule has 1 saturated heterocycles. The molecule has 1 atom stereocenters. The molecule has 27 heavy (non-hydrogen) atoms. The topological polar surface area (TPSA) is 45.8 Å². The minimum Gasteiger partial charge on any atom is -0.485 e. The molecule has 0 saturated carbocycles. The predicted octanol–water partition coefficient (Wildman–Crippen LogP) is 4.77. The third-order valence-electron chi connectivity index (χ3n) is 4.95. The molecule has 2 aliphatic rings. The van der Waals surface area contributed by atoms with Crippen LogP contribution in [0.1, 0.15) is 18.9 Å². The highest BCUT2D eigenvalue weighted by Gasteiger charge is 2.35. The quantitative estimate of drug-likeness (QED) is 0.599. The van der Waals surface area contributed by atoms with E-state index in [0.717, 1.165) is 40.1 Å². The summed E-state index contributed by atoms with van der Waals surface area (Å²) in [6.45, 7) is 3.33. The van der Waals surface area contributed by atoms with Gasteiger partial charge in [-0.15, -0.1) is 0 Å². The van der Waals surface area contributed by atoms with Gasteiger partial charge in [0.2, 0.25) is 0 Å². The highest BCUT2D eigenvalue weighted by Crippen LogP contribution is 2.41. The van der Waals surface area contributed by atoms with Crippen molar-refractivity contribution in [2.45, 2.75) is 25.7 Å². The maximum Gasteiger partial charge on any atom is 0.274 e. The van der Waals surface area contributed by atoms with Crippen molar-refractivity contribution < 1.29 is 18.6 Å². The molecule has 5 nitrogen and oxygen atoms in total. The van der Waals surface area contributed by atoms with Crippen LogP contribution in [0.3, 0.4) is 0 Å². The van der Waals surface area contributed by atoms with Crippen LogP contribution < -0.4 is 4.74 Å². The van der Waals surface area contributed by atoms with Crippen LogP contribution in [-0.2, 0) is 9.47 Å². The fourth-order valence-corrected chi connectivity index (χ4v) is 4.04. The monoisotopic (exact) mass is 381 g/mol. The summed E-state index contributed by atoms with van der Waals surface area (Å²) in [5.41, 5.74) is 4.46. The number of hydrogen-bond acceptors (Lipinski definition) is 5. The SMILES string of the molecule is CC1Oc2ccccc2C(n2c(=S)oc3ccccc32)=C1C1OCCCO1. The van der Waals surface area contributed by atoms with Crippen molar-refractivity contribution >= 4 is 29.0 Å². The lowest BCUT2D eigenvalue weighted by molar-refractivity contribution is -0.161. The largest absolute Gasteiger partial charge is 0.485 e. The van der Waals surface area contributed by atoms with Gasteiger partial charge >= 0.3 is 0 Å². The van der Waals surface area contributed by atoms with Crippen molar-refractivity contribution in [3.8, 4) is 5.75 Å². The number of fused-ring (bicyclic) bond motifs is 2. The lowest BCUT2D eigenvalue weighted by Gasteiger charge is -2.35. The van der Waals surface area contributed by atoms with Crippen LogP contribution in [0.15, 0.2) is 58.5 Å². The Morgan fingerprint density at radius 1 is 1.00 bits per heavy atom. The second kappa shape index (κ2) is 6.64. The molecule has 0 bridgehead atoms. The summed E-state index contributed by atoms with van der Waals surface area (Å²) >= 11 is 5.60. The number of nitrogens with zero attached hydrogens (tertiary/aromatic N) is 1. The Morgan fingerprint density at radius 3 is 2.59 bits per heavy atom. The van der Waals surface area contributed by atoms with Crippen LogP contribution >= 0.6 is 12.2 Å².